The Morgan fingerprint density at radius 2 is 1.38 bits per heavy atom. The molecule has 0 aliphatic rings. The van der Waals surface area contributed by atoms with E-state index in [9.17, 15) is 54.0 Å². The highest BCUT2D eigenvalue weighted by atomic mass is 16.4. The molecule has 0 aliphatic carbocycles. The Labute approximate surface area is 287 Å². The fourth-order valence-electron chi connectivity index (χ4n) is 4.56. The van der Waals surface area contributed by atoms with Gasteiger partial charge in [0.2, 0.25) is 17.7 Å². The normalized spacial score (nSPS) is 14.2. The number of carboxylic acid groups (broad SMARTS) is 2. The summed E-state index contributed by atoms with van der Waals surface area (Å²) in [5.74, 6) is -11.7. The van der Waals surface area contributed by atoms with E-state index in [1.165, 1.54) is 6.92 Å². The Morgan fingerprint density at radius 1 is 0.860 bits per heavy atom. The van der Waals surface area contributed by atoms with Gasteiger partial charge in [-0.05, 0) is 55.8 Å². The number of nitrogens with zero attached hydrogens (tertiary/aromatic N) is 2. The van der Waals surface area contributed by atoms with Gasteiger partial charge in [-0.1, -0.05) is 20.8 Å². The van der Waals surface area contributed by atoms with Crippen LogP contribution in [0.2, 0.25) is 0 Å². The lowest BCUT2D eigenvalue weighted by Crippen LogP contribution is -2.62. The minimum absolute atomic E-state index is 0.0272. The van der Waals surface area contributed by atoms with Crippen molar-refractivity contribution in [1.29, 1.82) is 0 Å². The molecule has 0 aliphatic heterocycles. The molecule has 16 N–H and O–H groups in total. The van der Waals surface area contributed by atoms with Gasteiger partial charge in [0.25, 0.3) is 11.8 Å². The number of carbonyl (C=O) groups excluding carboxylic acids is 5. The van der Waals surface area contributed by atoms with Gasteiger partial charge in [-0.15, -0.1) is 0 Å². The van der Waals surface area contributed by atoms with Crippen LogP contribution in [0.15, 0.2) is 17.1 Å². The number of aromatic hydroxyl groups is 2. The predicted molar refractivity (Wildman–Crippen MR) is 177 cm³/mol. The van der Waals surface area contributed by atoms with E-state index in [-0.39, 0.29) is 35.4 Å². The highest BCUT2D eigenvalue weighted by Crippen LogP contribution is 2.32. The van der Waals surface area contributed by atoms with Crippen LogP contribution in [-0.4, -0.2) is 103 Å². The number of aliphatic imine (C=N–C) groups is 1. The van der Waals surface area contributed by atoms with E-state index in [0.29, 0.717) is 6.42 Å². The number of unbranched alkanes of at least 4 members (excludes halogenated alkanes) is 1. The number of hydrogen-bond donors (Lipinski definition) is 11. The van der Waals surface area contributed by atoms with Crippen LogP contribution < -0.4 is 39.3 Å². The third-order valence-electron chi connectivity index (χ3n) is 7.45. The fraction of sp³-hybridized carbons (Fsp3) is 0.533. The molecule has 5 amide bonds. The van der Waals surface area contributed by atoms with Crippen LogP contribution in [0, 0.1) is 12.3 Å². The standard InChI is InChI=1S/C30H47N9O11/c1-13-18(40)9-14(10-19(13)41)22(38-29(34)35)24(45)37-16(11-20(32)42)27(48)39(17(28(49)50)12-21(43)44)26(47)15(7-5-6-8-31)36-25(46)23(33)30(2,3)4/h9-10,15-17,22-23,40-41H,5-8,11-12,31,33H2,1-4H3,(H2,32,42)(H,36,46)(H,37,45)(H,43,44)(H,49,50)(H4,34,35,38). The zero-order valence-corrected chi connectivity index (χ0v) is 28.2. The van der Waals surface area contributed by atoms with Crippen LogP contribution >= 0.6 is 0 Å². The van der Waals surface area contributed by atoms with Crippen molar-refractivity contribution in [3.63, 3.8) is 0 Å². The first-order valence-electron chi connectivity index (χ1n) is 15.3. The average molecular weight is 710 g/mol. The summed E-state index contributed by atoms with van der Waals surface area (Å²) in [7, 11) is 0. The second-order valence-electron chi connectivity index (χ2n) is 12.6. The van der Waals surface area contributed by atoms with Gasteiger partial charge in [0, 0.05) is 5.56 Å². The van der Waals surface area contributed by atoms with Gasteiger partial charge < -0.3 is 59.7 Å². The number of phenolic OH excluding ortho intramolecular Hbond substituents is 2. The van der Waals surface area contributed by atoms with E-state index >= 15 is 0 Å². The molecular formula is C30H47N9O11. The number of benzene rings is 1. The van der Waals surface area contributed by atoms with Crippen LogP contribution in [-0.2, 0) is 33.6 Å². The molecule has 5 atom stereocenters. The molecule has 0 heterocycles. The Bertz CT molecular complexity index is 1470. The Morgan fingerprint density at radius 3 is 1.82 bits per heavy atom. The van der Waals surface area contributed by atoms with Crippen LogP contribution in [0.5, 0.6) is 11.5 Å². The zero-order valence-electron chi connectivity index (χ0n) is 28.2. The largest absolute Gasteiger partial charge is 0.508 e. The molecule has 0 spiro atoms. The Kier molecular flexibility index (Phi) is 15.6. The topological polar surface area (TPSA) is 370 Å². The number of phenols is 2. The molecule has 1 aromatic carbocycles. The Balaban J connectivity index is 3.84. The van der Waals surface area contributed by atoms with Crippen molar-refractivity contribution in [3.8, 4) is 11.5 Å². The second kappa shape index (κ2) is 18.3. The summed E-state index contributed by atoms with van der Waals surface area (Å²) in [4.78, 5) is 95.0. The van der Waals surface area contributed by atoms with Crippen LogP contribution in [0.25, 0.3) is 0 Å². The first-order chi connectivity index (χ1) is 23.0. The molecule has 278 valence electrons. The van der Waals surface area contributed by atoms with E-state index in [1.807, 2.05) is 0 Å². The number of carboxylic acids is 2. The maximum atomic E-state index is 14.1. The molecule has 20 nitrogen and oxygen atoms in total. The van der Waals surface area contributed by atoms with Crippen LogP contribution in [0.4, 0.5) is 0 Å². The predicted octanol–water partition coefficient (Wildman–Crippen LogP) is -2.65. The molecule has 0 bridgehead atoms. The van der Waals surface area contributed by atoms with Crippen molar-refractivity contribution in [3.05, 3.63) is 23.3 Å². The summed E-state index contributed by atoms with van der Waals surface area (Å²) >= 11 is 0. The van der Waals surface area contributed by atoms with Crippen LogP contribution in [0.1, 0.15) is 70.0 Å². The van der Waals surface area contributed by atoms with Crippen molar-refractivity contribution >= 4 is 47.4 Å². The number of carbonyl (C=O) groups is 7. The molecule has 0 saturated carbocycles. The summed E-state index contributed by atoms with van der Waals surface area (Å²) < 4.78 is 0. The number of imide groups is 1. The first-order valence-corrected chi connectivity index (χ1v) is 15.3. The molecule has 0 fully saturated rings. The third kappa shape index (κ3) is 12.2. The van der Waals surface area contributed by atoms with Crippen molar-refractivity contribution in [2.75, 3.05) is 6.54 Å². The summed E-state index contributed by atoms with van der Waals surface area (Å²) in [5, 5.41) is 44.5. The number of primary amides is 1. The van der Waals surface area contributed by atoms with Gasteiger partial charge in [0.05, 0.1) is 18.9 Å². The van der Waals surface area contributed by atoms with Gasteiger partial charge in [-0.3, -0.25) is 33.7 Å². The highest BCUT2D eigenvalue weighted by Gasteiger charge is 2.44. The molecule has 50 heavy (non-hydrogen) atoms. The number of hydrogen-bond acceptors (Lipinski definition) is 12. The molecule has 1 rings (SSSR count). The Hall–Kier alpha value is -5.50. The maximum Gasteiger partial charge on any atom is 0.327 e. The van der Waals surface area contributed by atoms with Crippen molar-refractivity contribution in [2.45, 2.75) is 90.0 Å². The number of nitrogens with one attached hydrogen (secondary N) is 2. The molecular weight excluding hydrogens is 662 g/mol. The average Bonchev–Trinajstić information content (AvgIpc) is 2.99. The van der Waals surface area contributed by atoms with E-state index in [0.717, 1.165) is 12.1 Å². The minimum atomic E-state index is -2.41. The molecule has 0 saturated heterocycles. The first kappa shape index (κ1) is 42.5. The quantitative estimate of drug-likeness (QED) is 0.0421. The fourth-order valence-corrected chi connectivity index (χ4v) is 4.56. The summed E-state index contributed by atoms with van der Waals surface area (Å²) in [6, 6.07) is -7.15. The minimum Gasteiger partial charge on any atom is -0.508 e. The van der Waals surface area contributed by atoms with Gasteiger partial charge in [0.15, 0.2) is 12.0 Å². The highest BCUT2D eigenvalue weighted by molar-refractivity contribution is 6.07. The SMILES string of the molecule is Cc1c(O)cc(C(N=C(N)N)C(=O)NC(CC(N)=O)C(=O)N(C(=O)C(CCCCN)NC(=O)C(N)C(C)(C)C)C(CC(=O)O)C(=O)O)cc1O. The van der Waals surface area contributed by atoms with Gasteiger partial charge in [-0.2, -0.15) is 0 Å². The number of aliphatic carboxylic acids is 2. The lowest BCUT2D eigenvalue weighted by atomic mass is 9.86. The molecule has 5 unspecified atom stereocenters. The lowest BCUT2D eigenvalue weighted by molar-refractivity contribution is -0.163. The number of guanidine groups is 1. The maximum absolute atomic E-state index is 14.1. The van der Waals surface area contributed by atoms with Gasteiger partial charge in [-0.25, -0.2) is 9.79 Å². The molecule has 20 heteroatoms. The van der Waals surface area contributed by atoms with Crippen molar-refractivity contribution in [2.24, 2.45) is 39.1 Å². The second-order valence-corrected chi connectivity index (χ2v) is 12.6. The summed E-state index contributed by atoms with van der Waals surface area (Å²) in [6.07, 6.45) is -2.08. The number of nitrogens with two attached hydrogens (primary N) is 5. The zero-order chi connectivity index (χ0) is 38.7. The summed E-state index contributed by atoms with van der Waals surface area (Å²) in [5.41, 5.74) is 26.9. The number of amides is 5. The molecule has 0 radical (unpaired) electrons. The molecule has 0 aromatic heterocycles. The van der Waals surface area contributed by atoms with E-state index < -0.39 is 107 Å². The smallest absolute Gasteiger partial charge is 0.327 e. The monoisotopic (exact) mass is 709 g/mol. The van der Waals surface area contributed by atoms with E-state index in [4.69, 9.17) is 28.7 Å². The lowest BCUT2D eigenvalue weighted by Gasteiger charge is -2.34. The van der Waals surface area contributed by atoms with Crippen molar-refractivity contribution in [1.82, 2.24) is 15.5 Å². The van der Waals surface area contributed by atoms with E-state index in [2.05, 4.69) is 15.6 Å². The number of rotatable bonds is 18. The van der Waals surface area contributed by atoms with Crippen LogP contribution in [0.3, 0.4) is 0 Å². The van der Waals surface area contributed by atoms with Gasteiger partial charge >= 0.3 is 11.9 Å². The van der Waals surface area contributed by atoms with Gasteiger partial charge in [0.1, 0.15) is 29.6 Å². The van der Waals surface area contributed by atoms with E-state index in [1.54, 1.807) is 20.8 Å². The molecule has 1 aromatic rings. The van der Waals surface area contributed by atoms with Crippen molar-refractivity contribution < 1.29 is 54.0 Å². The third-order valence-corrected chi connectivity index (χ3v) is 7.45. The summed E-state index contributed by atoms with van der Waals surface area (Å²) in [6.45, 7) is 6.43.